The fraction of sp³-hybridized carbons (Fsp3) is 0.333. The molecule has 116 valence electrons. The largest absolute Gasteiger partial charge is 0.465 e. The van der Waals surface area contributed by atoms with Crippen molar-refractivity contribution in [2.24, 2.45) is 0 Å². The third kappa shape index (κ3) is 2.26. The molecule has 0 aliphatic rings. The van der Waals surface area contributed by atoms with E-state index in [1.165, 1.54) is 0 Å². The highest BCUT2D eigenvalue weighted by Crippen LogP contribution is 2.46. The van der Waals surface area contributed by atoms with Crippen LogP contribution >= 0.6 is 15.9 Å². The van der Waals surface area contributed by atoms with Gasteiger partial charge in [0.25, 0.3) is 0 Å². The van der Waals surface area contributed by atoms with Gasteiger partial charge in [-0.15, -0.1) is 0 Å². The van der Waals surface area contributed by atoms with E-state index in [2.05, 4.69) is 22.9 Å². The van der Waals surface area contributed by atoms with Crippen molar-refractivity contribution in [1.82, 2.24) is 0 Å². The first-order chi connectivity index (χ1) is 10.4. The Kier molecular flexibility index (Phi) is 3.81. The van der Waals surface area contributed by atoms with Gasteiger partial charge in [-0.3, -0.25) is 0 Å². The Morgan fingerprint density at radius 1 is 0.727 bits per heavy atom. The Bertz CT molecular complexity index is 677. The van der Waals surface area contributed by atoms with Gasteiger partial charge in [-0.2, -0.15) is 0 Å². The van der Waals surface area contributed by atoms with Crippen molar-refractivity contribution >= 4 is 15.9 Å². The van der Waals surface area contributed by atoms with Crippen LogP contribution in [0.3, 0.4) is 0 Å². The summed E-state index contributed by atoms with van der Waals surface area (Å²) in [6.45, 7) is 7.89. The summed E-state index contributed by atoms with van der Waals surface area (Å²) in [5, 5.41) is 0. The molecule has 1 atom stereocenters. The molecule has 0 aliphatic heterocycles. The van der Waals surface area contributed by atoms with Gasteiger partial charge in [0.05, 0.1) is 0 Å². The van der Waals surface area contributed by atoms with Gasteiger partial charge < -0.3 is 13.3 Å². The molecule has 0 fully saturated rings. The van der Waals surface area contributed by atoms with E-state index in [0.29, 0.717) is 0 Å². The zero-order chi connectivity index (χ0) is 15.9. The predicted molar refractivity (Wildman–Crippen MR) is 88.6 cm³/mol. The molecule has 3 aromatic heterocycles. The van der Waals surface area contributed by atoms with Crippen molar-refractivity contribution in [3.05, 3.63) is 71.0 Å². The summed E-state index contributed by atoms with van der Waals surface area (Å²) < 4.78 is 18.0. The van der Waals surface area contributed by atoms with Crippen LogP contribution in [0.4, 0.5) is 0 Å². The van der Waals surface area contributed by atoms with E-state index >= 15 is 0 Å². The predicted octanol–water partition coefficient (Wildman–Crippen LogP) is 5.51. The Morgan fingerprint density at radius 3 is 1.23 bits per heavy atom. The van der Waals surface area contributed by atoms with Gasteiger partial charge in [0.2, 0.25) is 0 Å². The van der Waals surface area contributed by atoms with Gasteiger partial charge in [-0.25, -0.2) is 0 Å². The lowest BCUT2D eigenvalue weighted by Gasteiger charge is -2.31. The first-order valence-electron chi connectivity index (χ1n) is 7.29. The second-order valence-corrected chi connectivity index (χ2v) is 7.03. The highest BCUT2D eigenvalue weighted by molar-refractivity contribution is 9.09. The molecule has 0 N–H and O–H groups in total. The lowest BCUT2D eigenvalue weighted by molar-refractivity contribution is 0.305. The first-order valence-corrected chi connectivity index (χ1v) is 8.21. The van der Waals surface area contributed by atoms with E-state index in [-0.39, 0.29) is 4.83 Å². The lowest BCUT2D eigenvalue weighted by Crippen LogP contribution is -2.36. The third-order valence-electron chi connectivity index (χ3n) is 3.98. The quantitative estimate of drug-likeness (QED) is 0.574. The Morgan fingerprint density at radius 2 is 1.05 bits per heavy atom. The highest BCUT2D eigenvalue weighted by atomic mass is 79.9. The zero-order valence-corrected chi connectivity index (χ0v) is 14.7. The van der Waals surface area contributed by atoms with Gasteiger partial charge >= 0.3 is 0 Å². The summed E-state index contributed by atoms with van der Waals surface area (Å²) in [6.07, 6.45) is 0. The molecule has 0 aliphatic carbocycles. The van der Waals surface area contributed by atoms with Crippen LogP contribution in [-0.2, 0) is 5.41 Å². The molecule has 0 amide bonds. The number of hydrogen-bond donors (Lipinski definition) is 0. The van der Waals surface area contributed by atoms with Crippen LogP contribution < -0.4 is 0 Å². The molecular formula is C18H19BrO3. The molecule has 3 rings (SSSR count). The van der Waals surface area contributed by atoms with E-state index < -0.39 is 5.41 Å². The Hall–Kier alpha value is -1.68. The lowest BCUT2D eigenvalue weighted by atomic mass is 9.77. The fourth-order valence-corrected chi connectivity index (χ4v) is 3.57. The summed E-state index contributed by atoms with van der Waals surface area (Å²) in [7, 11) is 0. The maximum atomic E-state index is 5.99. The summed E-state index contributed by atoms with van der Waals surface area (Å²) in [4.78, 5) is 0.0154. The molecule has 3 aromatic rings. The number of hydrogen-bond acceptors (Lipinski definition) is 3. The smallest absolute Gasteiger partial charge is 0.156 e. The van der Waals surface area contributed by atoms with E-state index in [0.717, 1.165) is 34.6 Å². The molecule has 0 bridgehead atoms. The second kappa shape index (κ2) is 5.51. The van der Waals surface area contributed by atoms with Gasteiger partial charge in [-0.1, -0.05) is 22.9 Å². The molecule has 3 nitrogen and oxygen atoms in total. The molecule has 0 saturated heterocycles. The topological polar surface area (TPSA) is 39.4 Å². The number of furan rings is 3. The molecule has 0 saturated carbocycles. The molecule has 4 heteroatoms. The molecule has 3 heterocycles. The van der Waals surface area contributed by atoms with Crippen molar-refractivity contribution in [3.8, 4) is 0 Å². The van der Waals surface area contributed by atoms with E-state index in [1.54, 1.807) is 0 Å². The second-order valence-electron chi connectivity index (χ2n) is 5.65. The Balaban J connectivity index is 2.32. The van der Waals surface area contributed by atoms with E-state index in [4.69, 9.17) is 13.3 Å². The number of halogens is 1. The van der Waals surface area contributed by atoms with Crippen molar-refractivity contribution in [3.63, 3.8) is 0 Å². The summed E-state index contributed by atoms with van der Waals surface area (Å²) in [6, 6.07) is 11.9. The van der Waals surface area contributed by atoms with Crippen molar-refractivity contribution in [2.75, 3.05) is 0 Å². The van der Waals surface area contributed by atoms with Crippen LogP contribution in [0.15, 0.2) is 49.6 Å². The Labute approximate surface area is 138 Å². The average Bonchev–Trinajstić information content (AvgIpc) is 3.15. The van der Waals surface area contributed by atoms with Crippen LogP contribution in [-0.4, -0.2) is 4.83 Å². The molecular weight excluding hydrogens is 344 g/mol. The normalized spacial score (nSPS) is 13.5. The van der Waals surface area contributed by atoms with Crippen LogP contribution in [0, 0.1) is 20.8 Å². The fourth-order valence-electron chi connectivity index (χ4n) is 2.89. The van der Waals surface area contributed by atoms with Gasteiger partial charge in [0.1, 0.15) is 34.6 Å². The minimum atomic E-state index is -0.642. The SMILES string of the molecule is Cc1ccc(C(c2ccc(C)o2)(c2ccc(C)o2)C(C)Br)o1. The molecule has 1 unspecified atom stereocenters. The monoisotopic (exact) mass is 362 g/mol. The van der Waals surface area contributed by atoms with Crippen LogP contribution in [0.25, 0.3) is 0 Å². The third-order valence-corrected chi connectivity index (χ3v) is 4.67. The number of aryl methyl sites for hydroxylation is 3. The molecule has 0 aromatic carbocycles. The summed E-state index contributed by atoms with van der Waals surface area (Å²) in [5.74, 6) is 4.99. The van der Waals surface area contributed by atoms with Crippen LogP contribution in [0.1, 0.15) is 41.5 Å². The number of rotatable bonds is 4. The molecule has 22 heavy (non-hydrogen) atoms. The molecule has 0 spiro atoms. The van der Waals surface area contributed by atoms with Crippen LogP contribution in [0.2, 0.25) is 0 Å². The summed E-state index contributed by atoms with van der Waals surface area (Å²) in [5.41, 5.74) is -0.642. The van der Waals surface area contributed by atoms with Crippen LogP contribution in [0.5, 0.6) is 0 Å². The summed E-state index contributed by atoms with van der Waals surface area (Å²) >= 11 is 3.76. The maximum absolute atomic E-state index is 5.99. The van der Waals surface area contributed by atoms with E-state index in [1.807, 2.05) is 57.2 Å². The first kappa shape index (κ1) is 15.2. The van der Waals surface area contributed by atoms with Gasteiger partial charge in [0.15, 0.2) is 5.41 Å². The van der Waals surface area contributed by atoms with Gasteiger partial charge in [0, 0.05) is 4.83 Å². The number of alkyl halides is 1. The highest BCUT2D eigenvalue weighted by Gasteiger charge is 2.48. The van der Waals surface area contributed by atoms with Crippen molar-refractivity contribution in [2.45, 2.75) is 37.9 Å². The maximum Gasteiger partial charge on any atom is 0.156 e. The van der Waals surface area contributed by atoms with Gasteiger partial charge in [-0.05, 0) is 57.2 Å². The van der Waals surface area contributed by atoms with Crippen molar-refractivity contribution in [1.29, 1.82) is 0 Å². The van der Waals surface area contributed by atoms with Crippen molar-refractivity contribution < 1.29 is 13.3 Å². The minimum absolute atomic E-state index is 0.0154. The van der Waals surface area contributed by atoms with E-state index in [9.17, 15) is 0 Å². The standard InChI is InChI=1S/C18H19BrO3/c1-11-5-8-15(20-11)18(14(4)19,16-9-6-12(2)21-16)17-10-7-13(3)22-17/h5-10,14H,1-4H3. The molecule has 0 radical (unpaired) electrons. The zero-order valence-electron chi connectivity index (χ0n) is 13.1. The minimum Gasteiger partial charge on any atom is -0.465 e. The average molecular weight is 363 g/mol.